The van der Waals surface area contributed by atoms with Crippen LogP contribution in [0.5, 0.6) is 0 Å². The molecule has 2 aromatic carbocycles. The largest absolute Gasteiger partial charge is 0.465 e. The first kappa shape index (κ1) is 14.2. The summed E-state index contributed by atoms with van der Waals surface area (Å²) in [5, 5.41) is 11.6. The fraction of sp³-hybridized carbons (Fsp3) is 0. The first-order valence-electron chi connectivity index (χ1n) is 6.40. The molecule has 0 radical (unpaired) electrons. The number of hydrogen-bond acceptors (Lipinski definition) is 3. The average molecular weight is 316 g/mol. The summed E-state index contributed by atoms with van der Waals surface area (Å²) in [6, 6.07) is 14.4. The van der Waals surface area contributed by atoms with Crippen molar-refractivity contribution < 1.29 is 18.3 Å². The van der Waals surface area contributed by atoms with Crippen LogP contribution in [0.1, 0.15) is 0 Å². The fourth-order valence-corrected chi connectivity index (χ4v) is 3.61. The molecule has 6 nitrogen and oxygen atoms in total. The Morgan fingerprint density at radius 2 is 1.77 bits per heavy atom. The van der Waals surface area contributed by atoms with Gasteiger partial charge in [0.1, 0.15) is 0 Å². The van der Waals surface area contributed by atoms with Gasteiger partial charge in [0, 0.05) is 17.3 Å². The van der Waals surface area contributed by atoms with E-state index in [0.717, 1.165) is 0 Å². The standard InChI is InChI=1S/C15H12N2O4S/c18-15(19)16-12-6-7-14-11(10-12)8-9-17(14)22(20,21)13-4-2-1-3-5-13/h1-10,16H,(H,18,19). The lowest BCUT2D eigenvalue weighted by Crippen LogP contribution is -2.11. The van der Waals surface area contributed by atoms with E-state index in [2.05, 4.69) is 5.32 Å². The zero-order chi connectivity index (χ0) is 15.7. The summed E-state index contributed by atoms with van der Waals surface area (Å²) in [7, 11) is -3.68. The second kappa shape index (κ2) is 5.19. The number of carboxylic acid groups (broad SMARTS) is 1. The molecule has 0 saturated carbocycles. The van der Waals surface area contributed by atoms with Gasteiger partial charge in [-0.25, -0.2) is 17.2 Å². The van der Waals surface area contributed by atoms with Gasteiger partial charge in [-0.15, -0.1) is 0 Å². The number of rotatable bonds is 3. The molecule has 2 N–H and O–H groups in total. The first-order chi connectivity index (χ1) is 10.5. The molecule has 0 atom stereocenters. The average Bonchev–Trinajstić information content (AvgIpc) is 2.91. The Hall–Kier alpha value is -2.80. The van der Waals surface area contributed by atoms with Gasteiger partial charge in [-0.1, -0.05) is 18.2 Å². The van der Waals surface area contributed by atoms with E-state index < -0.39 is 16.1 Å². The van der Waals surface area contributed by atoms with Crippen LogP contribution < -0.4 is 5.32 Å². The molecule has 0 fully saturated rings. The number of benzene rings is 2. The first-order valence-corrected chi connectivity index (χ1v) is 7.84. The Morgan fingerprint density at radius 1 is 1.05 bits per heavy atom. The Morgan fingerprint density at radius 3 is 2.45 bits per heavy atom. The molecule has 0 bridgehead atoms. The van der Waals surface area contributed by atoms with E-state index in [1.165, 1.54) is 28.4 Å². The van der Waals surface area contributed by atoms with Crippen LogP contribution in [0.4, 0.5) is 10.5 Å². The summed E-state index contributed by atoms with van der Waals surface area (Å²) >= 11 is 0. The van der Waals surface area contributed by atoms with Gasteiger partial charge in [0.15, 0.2) is 0 Å². The molecule has 0 aliphatic carbocycles. The fourth-order valence-electron chi connectivity index (χ4n) is 2.23. The molecule has 0 aliphatic rings. The molecule has 7 heteroatoms. The Balaban J connectivity index is 2.11. The highest BCUT2D eigenvalue weighted by molar-refractivity contribution is 7.90. The quantitative estimate of drug-likeness (QED) is 0.777. The number of nitrogens with zero attached hydrogens (tertiary/aromatic N) is 1. The van der Waals surface area contributed by atoms with Gasteiger partial charge in [-0.2, -0.15) is 0 Å². The monoisotopic (exact) mass is 316 g/mol. The van der Waals surface area contributed by atoms with Crippen molar-refractivity contribution in [2.75, 3.05) is 5.32 Å². The highest BCUT2D eigenvalue weighted by Crippen LogP contribution is 2.24. The lowest BCUT2D eigenvalue weighted by Gasteiger charge is -2.08. The molecule has 3 aromatic rings. The molecule has 1 aromatic heterocycles. The van der Waals surface area contributed by atoms with E-state index in [1.54, 1.807) is 36.4 Å². The SMILES string of the molecule is O=C(O)Nc1ccc2c(ccn2S(=O)(=O)c2ccccc2)c1. The van der Waals surface area contributed by atoms with E-state index >= 15 is 0 Å². The minimum atomic E-state index is -3.68. The van der Waals surface area contributed by atoms with Crippen LogP contribution in [0.15, 0.2) is 65.7 Å². The van der Waals surface area contributed by atoms with Gasteiger partial charge in [0.2, 0.25) is 0 Å². The summed E-state index contributed by atoms with van der Waals surface area (Å²) in [6.07, 6.45) is 0.285. The maximum atomic E-state index is 12.6. The maximum Gasteiger partial charge on any atom is 0.409 e. The van der Waals surface area contributed by atoms with Crippen molar-refractivity contribution >= 4 is 32.7 Å². The molecule has 0 saturated heterocycles. The highest BCUT2D eigenvalue weighted by Gasteiger charge is 2.18. The van der Waals surface area contributed by atoms with Crippen molar-refractivity contribution in [3.05, 3.63) is 60.8 Å². The maximum absolute atomic E-state index is 12.6. The molecule has 0 unspecified atom stereocenters. The van der Waals surface area contributed by atoms with Crippen LogP contribution in [-0.4, -0.2) is 23.6 Å². The lowest BCUT2D eigenvalue weighted by atomic mass is 10.2. The van der Waals surface area contributed by atoms with E-state index in [9.17, 15) is 13.2 Å². The van der Waals surface area contributed by atoms with Crippen molar-refractivity contribution in [2.24, 2.45) is 0 Å². The van der Waals surface area contributed by atoms with Crippen LogP contribution in [-0.2, 0) is 10.0 Å². The third-order valence-electron chi connectivity index (χ3n) is 3.21. The normalized spacial score (nSPS) is 11.5. The van der Waals surface area contributed by atoms with E-state index in [4.69, 9.17) is 5.11 Å². The molecular weight excluding hydrogens is 304 g/mol. The van der Waals surface area contributed by atoms with E-state index in [0.29, 0.717) is 16.6 Å². The van der Waals surface area contributed by atoms with Gasteiger partial charge in [-0.05, 0) is 36.4 Å². The molecular formula is C15H12N2O4S. The predicted molar refractivity (Wildman–Crippen MR) is 82.6 cm³/mol. The zero-order valence-corrected chi connectivity index (χ0v) is 12.1. The minimum Gasteiger partial charge on any atom is -0.465 e. The van der Waals surface area contributed by atoms with Gasteiger partial charge >= 0.3 is 6.09 Å². The van der Waals surface area contributed by atoms with Crippen LogP contribution in [0.2, 0.25) is 0 Å². The van der Waals surface area contributed by atoms with Crippen molar-refractivity contribution in [2.45, 2.75) is 4.90 Å². The molecule has 22 heavy (non-hydrogen) atoms. The van der Waals surface area contributed by atoms with Gasteiger partial charge in [0.05, 0.1) is 10.4 Å². The Labute approximate surface area is 126 Å². The van der Waals surface area contributed by atoms with Gasteiger partial charge in [0.25, 0.3) is 10.0 Å². The number of hydrogen-bond donors (Lipinski definition) is 2. The smallest absolute Gasteiger partial charge is 0.409 e. The predicted octanol–water partition coefficient (Wildman–Crippen LogP) is 2.97. The van der Waals surface area contributed by atoms with Crippen molar-refractivity contribution in [3.8, 4) is 0 Å². The van der Waals surface area contributed by atoms with Crippen LogP contribution >= 0.6 is 0 Å². The Kier molecular flexibility index (Phi) is 3.34. The third-order valence-corrected chi connectivity index (χ3v) is 4.91. The van der Waals surface area contributed by atoms with Gasteiger partial charge in [-0.3, -0.25) is 5.32 Å². The summed E-state index contributed by atoms with van der Waals surface area (Å²) in [4.78, 5) is 10.8. The molecule has 0 aliphatic heterocycles. The van der Waals surface area contributed by atoms with Crippen LogP contribution in [0.25, 0.3) is 10.9 Å². The molecule has 1 heterocycles. The van der Waals surface area contributed by atoms with Crippen molar-refractivity contribution in [3.63, 3.8) is 0 Å². The second-order valence-corrected chi connectivity index (χ2v) is 6.45. The number of anilines is 1. The third kappa shape index (κ3) is 2.42. The highest BCUT2D eigenvalue weighted by atomic mass is 32.2. The minimum absolute atomic E-state index is 0.195. The van der Waals surface area contributed by atoms with Crippen LogP contribution in [0.3, 0.4) is 0 Å². The molecule has 112 valence electrons. The summed E-state index contributed by atoms with van der Waals surface area (Å²) in [6.45, 7) is 0. The topological polar surface area (TPSA) is 88.4 Å². The van der Waals surface area contributed by atoms with Crippen molar-refractivity contribution in [1.82, 2.24) is 3.97 Å². The Bertz CT molecular complexity index is 946. The number of nitrogens with one attached hydrogen (secondary N) is 1. The molecule has 1 amide bonds. The zero-order valence-electron chi connectivity index (χ0n) is 11.3. The molecule has 3 rings (SSSR count). The van der Waals surface area contributed by atoms with Crippen LogP contribution in [0, 0.1) is 0 Å². The summed E-state index contributed by atoms with van der Waals surface area (Å²) < 4.78 is 26.4. The van der Waals surface area contributed by atoms with Gasteiger partial charge < -0.3 is 5.11 Å². The summed E-state index contributed by atoms with van der Waals surface area (Å²) in [5.74, 6) is 0. The number of amides is 1. The number of fused-ring (bicyclic) bond motifs is 1. The van der Waals surface area contributed by atoms with E-state index in [-0.39, 0.29) is 4.90 Å². The summed E-state index contributed by atoms with van der Waals surface area (Å²) in [5.41, 5.74) is 0.870. The molecule has 0 spiro atoms. The second-order valence-electron chi connectivity index (χ2n) is 4.63. The lowest BCUT2D eigenvalue weighted by molar-refractivity contribution is 0.210. The van der Waals surface area contributed by atoms with E-state index in [1.807, 2.05) is 0 Å². The van der Waals surface area contributed by atoms with Crippen molar-refractivity contribution in [1.29, 1.82) is 0 Å². The number of carbonyl (C=O) groups is 1. The number of aromatic nitrogens is 1.